The predicted molar refractivity (Wildman–Crippen MR) is 176 cm³/mol. The smallest absolute Gasteiger partial charge is 0.319 e. The van der Waals surface area contributed by atoms with Gasteiger partial charge >= 0.3 is 6.01 Å². The number of nitrogens with zero attached hydrogens (tertiary/aromatic N) is 5. The highest BCUT2D eigenvalue weighted by Gasteiger charge is 2.49. The molecule has 3 N–H and O–H groups in total. The van der Waals surface area contributed by atoms with Gasteiger partial charge in [-0.3, -0.25) is 9.69 Å². The number of nitriles is 1. The SMILES string of the molecule is CN1CCC[C@@H](Nc2nc(OC[C@@]34CCCN3C[C@H](F)C4)nc3c(Cl)c(-c4ccc(F)c5sc(N)c(C#N)c45)c4c(c23)COC4)C1=O. The number of nitrogens with one attached hydrogen (secondary N) is 1. The largest absolute Gasteiger partial charge is 0.461 e. The molecule has 10 nitrogen and oxygen atoms in total. The van der Waals surface area contributed by atoms with Gasteiger partial charge in [0.1, 0.15) is 41.5 Å². The molecule has 0 bridgehead atoms. The number of hydrogen-bond donors (Lipinski definition) is 2. The molecule has 4 aliphatic heterocycles. The maximum Gasteiger partial charge on any atom is 0.319 e. The number of carbonyl (C=O) groups excluding carboxylic acids is 1. The summed E-state index contributed by atoms with van der Waals surface area (Å²) in [4.78, 5) is 26.7. The summed E-state index contributed by atoms with van der Waals surface area (Å²) in [5.74, 6) is -0.137. The fraction of sp³-hybridized carbons (Fsp3) is 0.455. The number of ether oxygens (including phenoxy) is 2. The number of piperidine rings is 1. The number of benzene rings is 2. The van der Waals surface area contributed by atoms with Gasteiger partial charge in [-0.1, -0.05) is 17.7 Å². The number of carbonyl (C=O) groups is 1. The standard InChI is InChI=1S/C33H32ClF2N7O3S/c1-42-8-2-4-22(31(42)44)39-30-25-20-14-45-13-19(20)23(17-5-6-21(36)28-24(17)18(11-37)29(38)47-28)26(34)27(25)40-32(41-30)46-15-33-7-3-9-43(33)12-16(35)10-33/h5-6,16,22H,2-4,7-10,12-15,38H2,1H3,(H,39,40,41)/t16-,22-,33+/m1/s1. The summed E-state index contributed by atoms with van der Waals surface area (Å²) >= 11 is 8.32. The first kappa shape index (κ1) is 30.5. The summed E-state index contributed by atoms with van der Waals surface area (Å²) in [5.41, 5.74) is 8.93. The minimum atomic E-state index is -0.917. The molecule has 0 spiro atoms. The van der Waals surface area contributed by atoms with E-state index in [-0.39, 0.29) is 52.0 Å². The minimum Gasteiger partial charge on any atom is -0.461 e. The molecule has 0 unspecified atom stereocenters. The van der Waals surface area contributed by atoms with E-state index in [0.717, 1.165) is 48.3 Å². The van der Waals surface area contributed by atoms with E-state index in [0.29, 0.717) is 59.2 Å². The summed E-state index contributed by atoms with van der Waals surface area (Å²) < 4.78 is 42.1. The zero-order valence-electron chi connectivity index (χ0n) is 25.7. The van der Waals surface area contributed by atoms with Crippen molar-refractivity contribution in [3.05, 3.63) is 39.7 Å². The molecule has 47 heavy (non-hydrogen) atoms. The molecule has 0 saturated carbocycles. The van der Waals surface area contributed by atoms with E-state index >= 15 is 4.39 Å². The van der Waals surface area contributed by atoms with Crippen LogP contribution in [0.15, 0.2) is 12.1 Å². The fourth-order valence-corrected chi connectivity index (χ4v) is 9.25. The van der Waals surface area contributed by atoms with E-state index in [9.17, 15) is 14.4 Å². The lowest BCUT2D eigenvalue weighted by Crippen LogP contribution is -2.45. The first-order valence-electron chi connectivity index (χ1n) is 15.8. The van der Waals surface area contributed by atoms with E-state index in [4.69, 9.17) is 36.8 Å². The van der Waals surface area contributed by atoms with Gasteiger partial charge in [0.15, 0.2) is 0 Å². The number of rotatable bonds is 6. The number of nitrogens with two attached hydrogens (primary N) is 1. The molecule has 2 aromatic heterocycles. The van der Waals surface area contributed by atoms with Gasteiger partial charge in [-0.25, -0.2) is 8.78 Å². The van der Waals surface area contributed by atoms with Crippen LogP contribution in [0.3, 0.4) is 0 Å². The highest BCUT2D eigenvalue weighted by Crippen LogP contribution is 2.49. The van der Waals surface area contributed by atoms with Crippen LogP contribution in [-0.4, -0.2) is 76.7 Å². The quantitative estimate of drug-likeness (QED) is 0.261. The van der Waals surface area contributed by atoms with Crippen LogP contribution >= 0.6 is 22.9 Å². The Kier molecular flexibility index (Phi) is 7.40. The number of aromatic nitrogens is 2. The molecule has 2 aromatic carbocycles. The fourth-order valence-electron chi connectivity index (χ4n) is 7.95. The van der Waals surface area contributed by atoms with Crippen molar-refractivity contribution >= 4 is 60.7 Å². The van der Waals surface area contributed by atoms with Gasteiger partial charge in [-0.2, -0.15) is 15.2 Å². The van der Waals surface area contributed by atoms with Crippen molar-refractivity contribution in [1.82, 2.24) is 19.8 Å². The lowest BCUT2D eigenvalue weighted by Gasteiger charge is -2.31. The Morgan fingerprint density at radius 3 is 2.91 bits per heavy atom. The van der Waals surface area contributed by atoms with Crippen molar-refractivity contribution in [2.45, 2.75) is 63.1 Å². The number of thiophene rings is 1. The van der Waals surface area contributed by atoms with E-state index in [1.807, 2.05) is 0 Å². The minimum absolute atomic E-state index is 0.0469. The van der Waals surface area contributed by atoms with Crippen LogP contribution in [0.25, 0.3) is 32.1 Å². The van der Waals surface area contributed by atoms with Crippen LogP contribution in [0.5, 0.6) is 6.01 Å². The Hall–Kier alpha value is -3.83. The number of likely N-dealkylation sites (tertiary alicyclic amines) is 1. The lowest BCUT2D eigenvalue weighted by atomic mass is 9.91. The molecule has 3 saturated heterocycles. The third kappa shape index (κ3) is 4.79. The summed E-state index contributed by atoms with van der Waals surface area (Å²) in [6.45, 7) is 2.53. The van der Waals surface area contributed by atoms with Crippen LogP contribution in [0.1, 0.15) is 48.8 Å². The Morgan fingerprint density at radius 2 is 2.09 bits per heavy atom. The van der Waals surface area contributed by atoms with Crippen molar-refractivity contribution in [3.63, 3.8) is 0 Å². The molecule has 6 heterocycles. The second-order valence-electron chi connectivity index (χ2n) is 12.9. The molecule has 3 fully saturated rings. The first-order valence-corrected chi connectivity index (χ1v) is 17.0. The molecule has 4 aliphatic rings. The Morgan fingerprint density at radius 1 is 1.26 bits per heavy atom. The normalized spacial score (nSPS) is 24.2. The van der Waals surface area contributed by atoms with E-state index in [2.05, 4.69) is 16.3 Å². The number of fused-ring (bicyclic) bond motifs is 5. The van der Waals surface area contributed by atoms with Crippen LogP contribution < -0.4 is 15.8 Å². The lowest BCUT2D eigenvalue weighted by molar-refractivity contribution is -0.132. The van der Waals surface area contributed by atoms with Crippen molar-refractivity contribution < 1.29 is 23.0 Å². The van der Waals surface area contributed by atoms with Gasteiger partial charge in [0.05, 0.1) is 44.9 Å². The molecule has 0 radical (unpaired) electrons. The predicted octanol–water partition coefficient (Wildman–Crippen LogP) is 5.78. The highest BCUT2D eigenvalue weighted by molar-refractivity contribution is 7.23. The summed E-state index contributed by atoms with van der Waals surface area (Å²) in [6, 6.07) is 4.61. The number of amides is 1. The maximum absolute atomic E-state index is 15.0. The monoisotopic (exact) mass is 679 g/mol. The number of alkyl halides is 1. The van der Waals surface area contributed by atoms with Gasteiger partial charge in [0.25, 0.3) is 0 Å². The Balaban J connectivity index is 1.32. The molecule has 1 amide bonds. The molecule has 0 aliphatic carbocycles. The molecule has 8 rings (SSSR count). The molecule has 14 heteroatoms. The number of nitrogen functional groups attached to an aromatic ring is 1. The molecular formula is C33H32ClF2N7O3S. The highest BCUT2D eigenvalue weighted by atomic mass is 35.5. The Labute approximate surface area is 278 Å². The average Bonchev–Trinajstić information content (AvgIpc) is 3.82. The van der Waals surface area contributed by atoms with Crippen molar-refractivity contribution in [3.8, 4) is 23.2 Å². The number of anilines is 2. The molecular weight excluding hydrogens is 648 g/mol. The number of likely N-dealkylation sites (N-methyl/N-ethyl adjacent to an activating group) is 1. The van der Waals surface area contributed by atoms with E-state index in [1.165, 1.54) is 6.07 Å². The van der Waals surface area contributed by atoms with Gasteiger partial charge in [0.2, 0.25) is 5.91 Å². The average molecular weight is 680 g/mol. The second-order valence-corrected chi connectivity index (χ2v) is 14.4. The van der Waals surface area contributed by atoms with Crippen molar-refractivity contribution in [2.75, 3.05) is 44.3 Å². The van der Waals surface area contributed by atoms with Gasteiger partial charge in [-0.05, 0) is 55.0 Å². The third-order valence-electron chi connectivity index (χ3n) is 10.2. The number of halogens is 3. The zero-order chi connectivity index (χ0) is 32.6. The summed E-state index contributed by atoms with van der Waals surface area (Å²) in [7, 11) is 1.78. The Bertz CT molecular complexity index is 2020. The number of hydrogen-bond acceptors (Lipinski definition) is 10. The third-order valence-corrected chi connectivity index (χ3v) is 11.6. The topological polar surface area (TPSA) is 130 Å². The maximum atomic E-state index is 15.0. The van der Waals surface area contributed by atoms with Gasteiger partial charge < -0.3 is 25.4 Å². The van der Waals surface area contributed by atoms with Crippen LogP contribution in [0, 0.1) is 17.1 Å². The summed E-state index contributed by atoms with van der Waals surface area (Å²) in [5, 5.41) is 14.8. The van der Waals surface area contributed by atoms with E-state index < -0.39 is 23.6 Å². The molecule has 4 aromatic rings. The van der Waals surface area contributed by atoms with Crippen LogP contribution in [-0.2, 0) is 22.7 Å². The van der Waals surface area contributed by atoms with Crippen molar-refractivity contribution in [1.29, 1.82) is 5.26 Å². The second kappa shape index (κ2) is 11.4. The van der Waals surface area contributed by atoms with Crippen LogP contribution in [0.4, 0.5) is 19.6 Å². The van der Waals surface area contributed by atoms with Crippen molar-refractivity contribution in [2.24, 2.45) is 0 Å². The summed E-state index contributed by atoms with van der Waals surface area (Å²) in [6.07, 6.45) is 2.69. The van der Waals surface area contributed by atoms with E-state index in [1.54, 1.807) is 18.0 Å². The zero-order valence-corrected chi connectivity index (χ0v) is 27.2. The van der Waals surface area contributed by atoms with Crippen LogP contribution in [0.2, 0.25) is 5.02 Å². The molecule has 3 atom stereocenters. The van der Waals surface area contributed by atoms with Gasteiger partial charge in [0, 0.05) is 37.5 Å². The first-order chi connectivity index (χ1) is 22.7. The molecule has 244 valence electrons. The van der Waals surface area contributed by atoms with Gasteiger partial charge in [-0.15, -0.1) is 11.3 Å².